The molecule has 4 nitrogen and oxygen atoms in total. The van der Waals surface area contributed by atoms with E-state index in [4.69, 9.17) is 4.74 Å². The lowest BCUT2D eigenvalue weighted by Gasteiger charge is -2.42. The molecule has 3 aromatic carbocycles. The molecule has 0 bridgehead atoms. The van der Waals surface area contributed by atoms with Crippen LogP contribution in [-0.2, 0) is 6.18 Å². The highest BCUT2D eigenvalue weighted by molar-refractivity contribution is 7.59. The predicted octanol–water partition coefficient (Wildman–Crippen LogP) is 5.83. The van der Waals surface area contributed by atoms with Gasteiger partial charge in [-0.05, 0) is 67.4 Å². The van der Waals surface area contributed by atoms with E-state index >= 15 is 0 Å². The number of hydrogen-bond acceptors (Lipinski definition) is 3. The zero-order chi connectivity index (χ0) is 22.9. The van der Waals surface area contributed by atoms with Crippen molar-refractivity contribution in [1.29, 1.82) is 0 Å². The van der Waals surface area contributed by atoms with Crippen molar-refractivity contribution in [2.24, 2.45) is 5.92 Å². The molecule has 8 heteroatoms. The van der Waals surface area contributed by atoms with Crippen molar-refractivity contribution in [3.63, 3.8) is 0 Å². The number of likely N-dealkylation sites (tertiary alicyclic amines) is 1. The summed E-state index contributed by atoms with van der Waals surface area (Å²) in [6.07, 6.45) is -4.39. The van der Waals surface area contributed by atoms with Crippen LogP contribution < -0.4 is 10.1 Å². The maximum atomic E-state index is 12.8. The summed E-state index contributed by atoms with van der Waals surface area (Å²) in [6.45, 7) is 7.19. The SMILES string of the molecule is CCN1CC([C@H](C)NC(=O)c2ccc3c(Oc4ccc(C(F)(F)F)cc4)cccc3c2)C1.S. The van der Waals surface area contributed by atoms with E-state index in [0.717, 1.165) is 42.5 Å². The molecule has 0 saturated carbocycles. The van der Waals surface area contributed by atoms with Crippen molar-refractivity contribution >= 4 is 30.2 Å². The molecule has 1 atom stereocenters. The second-order valence-electron chi connectivity index (χ2n) is 8.19. The topological polar surface area (TPSA) is 41.6 Å². The first kappa shape index (κ1) is 24.9. The van der Waals surface area contributed by atoms with Gasteiger partial charge in [0, 0.05) is 36.0 Å². The Labute approximate surface area is 198 Å². The molecular formula is C25H27F3N2O2S. The number of nitrogens with one attached hydrogen (secondary N) is 1. The Bertz CT molecular complexity index is 1110. The highest BCUT2D eigenvalue weighted by atomic mass is 32.1. The number of benzene rings is 3. The van der Waals surface area contributed by atoms with E-state index in [1.807, 2.05) is 13.0 Å². The molecule has 1 N–H and O–H groups in total. The normalized spacial score (nSPS) is 15.4. The minimum Gasteiger partial charge on any atom is -0.457 e. The van der Waals surface area contributed by atoms with Gasteiger partial charge in [-0.15, -0.1) is 0 Å². The van der Waals surface area contributed by atoms with Gasteiger partial charge in [0.15, 0.2) is 0 Å². The molecule has 1 aliphatic heterocycles. The van der Waals surface area contributed by atoms with Gasteiger partial charge in [-0.3, -0.25) is 4.79 Å². The molecule has 1 fully saturated rings. The van der Waals surface area contributed by atoms with Crippen LogP contribution in [0, 0.1) is 5.92 Å². The Balaban J connectivity index is 0.00000306. The van der Waals surface area contributed by atoms with Crippen LogP contribution >= 0.6 is 13.5 Å². The highest BCUT2D eigenvalue weighted by Crippen LogP contribution is 2.34. The van der Waals surface area contributed by atoms with Gasteiger partial charge in [0.2, 0.25) is 0 Å². The number of fused-ring (bicyclic) bond motifs is 1. The third kappa shape index (κ3) is 5.62. The molecule has 0 unspecified atom stereocenters. The Morgan fingerprint density at radius 2 is 1.82 bits per heavy atom. The third-order valence-electron chi connectivity index (χ3n) is 6.01. The molecule has 33 heavy (non-hydrogen) atoms. The standard InChI is InChI=1S/C25H25F3N2O2.H2S/c1-3-30-14-19(15-30)16(2)29-24(31)18-7-12-22-17(13-18)5-4-6-23(22)32-21-10-8-20(9-11-21)25(26,27)28;/h4-13,16,19H,3,14-15H2,1-2H3,(H,29,31);1H2/t16-;/m0./s1. The predicted molar refractivity (Wildman–Crippen MR) is 128 cm³/mol. The van der Waals surface area contributed by atoms with Gasteiger partial charge in [-0.1, -0.05) is 19.1 Å². The summed E-state index contributed by atoms with van der Waals surface area (Å²) >= 11 is 0. The van der Waals surface area contributed by atoms with E-state index in [1.165, 1.54) is 12.1 Å². The summed E-state index contributed by atoms with van der Waals surface area (Å²) in [6, 6.07) is 15.4. The number of alkyl halides is 3. The lowest BCUT2D eigenvalue weighted by molar-refractivity contribution is -0.137. The molecule has 0 radical (unpaired) electrons. The largest absolute Gasteiger partial charge is 0.457 e. The molecular weight excluding hydrogens is 449 g/mol. The van der Waals surface area contributed by atoms with Crippen molar-refractivity contribution in [2.75, 3.05) is 19.6 Å². The minimum absolute atomic E-state index is 0. The Morgan fingerprint density at radius 1 is 1.12 bits per heavy atom. The summed E-state index contributed by atoms with van der Waals surface area (Å²) in [7, 11) is 0. The number of carbonyl (C=O) groups is 1. The number of halogens is 3. The average molecular weight is 477 g/mol. The van der Waals surface area contributed by atoms with Gasteiger partial charge in [-0.25, -0.2) is 0 Å². The second-order valence-corrected chi connectivity index (χ2v) is 8.19. The van der Waals surface area contributed by atoms with Gasteiger partial charge in [0.05, 0.1) is 5.56 Å². The van der Waals surface area contributed by atoms with Crippen molar-refractivity contribution in [1.82, 2.24) is 10.2 Å². The number of amides is 1. The van der Waals surface area contributed by atoms with Crippen LogP contribution in [0.2, 0.25) is 0 Å². The number of nitrogens with zero attached hydrogens (tertiary/aromatic N) is 1. The van der Waals surface area contributed by atoms with E-state index in [9.17, 15) is 18.0 Å². The molecule has 0 aromatic heterocycles. The van der Waals surface area contributed by atoms with Crippen LogP contribution in [0.5, 0.6) is 11.5 Å². The number of carbonyl (C=O) groups excluding carboxylic acids is 1. The van der Waals surface area contributed by atoms with Crippen LogP contribution in [0.1, 0.15) is 29.8 Å². The zero-order valence-electron chi connectivity index (χ0n) is 18.4. The highest BCUT2D eigenvalue weighted by Gasteiger charge is 2.31. The first-order valence-corrected chi connectivity index (χ1v) is 10.7. The first-order valence-electron chi connectivity index (χ1n) is 10.7. The van der Waals surface area contributed by atoms with Crippen LogP contribution in [0.25, 0.3) is 10.8 Å². The van der Waals surface area contributed by atoms with Crippen LogP contribution in [0.15, 0.2) is 60.7 Å². The van der Waals surface area contributed by atoms with Gasteiger partial charge >= 0.3 is 6.18 Å². The van der Waals surface area contributed by atoms with E-state index in [-0.39, 0.29) is 25.4 Å². The van der Waals surface area contributed by atoms with E-state index in [2.05, 4.69) is 17.1 Å². The molecule has 1 aliphatic rings. The summed E-state index contributed by atoms with van der Waals surface area (Å²) < 4.78 is 44.1. The molecule has 0 aliphatic carbocycles. The van der Waals surface area contributed by atoms with Crippen LogP contribution in [0.4, 0.5) is 13.2 Å². The Morgan fingerprint density at radius 3 is 2.45 bits per heavy atom. The van der Waals surface area contributed by atoms with Gasteiger partial charge < -0.3 is 15.0 Å². The average Bonchev–Trinajstić information content (AvgIpc) is 2.72. The number of ether oxygens (including phenoxy) is 1. The van der Waals surface area contributed by atoms with E-state index < -0.39 is 11.7 Å². The van der Waals surface area contributed by atoms with Gasteiger partial charge in [0.25, 0.3) is 5.91 Å². The lowest BCUT2D eigenvalue weighted by atomic mass is 9.92. The fourth-order valence-corrected chi connectivity index (χ4v) is 3.92. The van der Waals surface area contributed by atoms with Crippen molar-refractivity contribution in [2.45, 2.75) is 26.1 Å². The zero-order valence-corrected chi connectivity index (χ0v) is 19.4. The summed E-state index contributed by atoms with van der Waals surface area (Å²) in [5, 5.41) is 4.68. The first-order chi connectivity index (χ1) is 15.2. The monoisotopic (exact) mass is 476 g/mol. The Kier molecular flexibility index (Phi) is 7.59. The van der Waals surface area contributed by atoms with E-state index in [0.29, 0.717) is 23.0 Å². The summed E-state index contributed by atoms with van der Waals surface area (Å²) in [5.41, 5.74) is -0.167. The summed E-state index contributed by atoms with van der Waals surface area (Å²) in [4.78, 5) is 15.1. The van der Waals surface area contributed by atoms with Crippen LogP contribution in [0.3, 0.4) is 0 Å². The minimum atomic E-state index is -4.39. The fourth-order valence-electron chi connectivity index (χ4n) is 3.92. The molecule has 176 valence electrons. The number of rotatable bonds is 6. The van der Waals surface area contributed by atoms with E-state index in [1.54, 1.807) is 30.3 Å². The maximum Gasteiger partial charge on any atom is 0.416 e. The fraction of sp³-hybridized carbons (Fsp3) is 0.320. The van der Waals surface area contributed by atoms with Gasteiger partial charge in [0.1, 0.15) is 11.5 Å². The Hall–Kier alpha value is -2.71. The molecule has 1 amide bonds. The lowest BCUT2D eigenvalue weighted by Crippen LogP contribution is -2.55. The summed E-state index contributed by atoms with van der Waals surface area (Å²) in [5.74, 6) is 1.16. The maximum absolute atomic E-state index is 12.8. The molecule has 1 heterocycles. The molecule has 1 saturated heterocycles. The molecule has 4 rings (SSSR count). The quantitative estimate of drug-likeness (QED) is 0.487. The smallest absolute Gasteiger partial charge is 0.416 e. The van der Waals surface area contributed by atoms with Crippen LogP contribution in [-0.4, -0.2) is 36.5 Å². The number of hydrogen-bond donors (Lipinski definition) is 1. The second kappa shape index (κ2) is 10.1. The van der Waals surface area contributed by atoms with Crippen molar-refractivity contribution < 1.29 is 22.7 Å². The molecule has 0 spiro atoms. The third-order valence-corrected chi connectivity index (χ3v) is 6.01. The van der Waals surface area contributed by atoms with Gasteiger partial charge in [-0.2, -0.15) is 26.7 Å². The van der Waals surface area contributed by atoms with Crippen molar-refractivity contribution in [3.8, 4) is 11.5 Å². The molecule has 3 aromatic rings. The van der Waals surface area contributed by atoms with Crippen molar-refractivity contribution in [3.05, 3.63) is 71.8 Å².